The topological polar surface area (TPSA) is 35.0 Å². The van der Waals surface area contributed by atoms with E-state index in [9.17, 15) is 0 Å². The van der Waals surface area contributed by atoms with Crippen molar-refractivity contribution in [3.05, 3.63) is 42.2 Å². The van der Waals surface area contributed by atoms with Crippen LogP contribution in [0.3, 0.4) is 0 Å². The van der Waals surface area contributed by atoms with E-state index in [4.69, 9.17) is 4.74 Å². The van der Waals surface area contributed by atoms with E-state index in [2.05, 4.69) is 48.1 Å². The number of rotatable bonds is 11. The summed E-state index contributed by atoms with van der Waals surface area (Å²) in [6, 6.07) is 8.26. The average molecular weight is 395 g/mol. The maximum Gasteiger partial charge on any atom is 0.159 e. The second-order valence-corrected chi connectivity index (χ2v) is 8.74. The fourth-order valence-corrected chi connectivity index (χ4v) is 4.31. The molecule has 158 valence electrons. The third kappa shape index (κ3) is 7.13. The van der Waals surface area contributed by atoms with Crippen molar-refractivity contribution in [2.24, 2.45) is 11.8 Å². The number of aromatic nitrogens is 2. The Morgan fingerprint density at radius 2 is 1.48 bits per heavy atom. The lowest BCUT2D eigenvalue weighted by atomic mass is 9.80. The van der Waals surface area contributed by atoms with Crippen molar-refractivity contribution in [3.8, 4) is 17.1 Å². The van der Waals surface area contributed by atoms with Crippen molar-refractivity contribution in [3.63, 3.8) is 0 Å². The van der Waals surface area contributed by atoms with Crippen LogP contribution < -0.4 is 4.74 Å². The number of ether oxygens (including phenoxy) is 1. The van der Waals surface area contributed by atoms with Crippen LogP contribution in [-0.2, 0) is 6.42 Å². The number of aryl methyl sites for hydroxylation is 1. The minimum Gasteiger partial charge on any atom is -0.493 e. The summed E-state index contributed by atoms with van der Waals surface area (Å²) in [4.78, 5) is 9.11. The predicted molar refractivity (Wildman–Crippen MR) is 121 cm³/mol. The highest BCUT2D eigenvalue weighted by atomic mass is 16.5. The van der Waals surface area contributed by atoms with Gasteiger partial charge in [0, 0.05) is 18.0 Å². The van der Waals surface area contributed by atoms with Crippen LogP contribution in [0.5, 0.6) is 5.75 Å². The minimum atomic E-state index is 0.719. The maximum absolute atomic E-state index is 6.09. The first-order valence-corrected chi connectivity index (χ1v) is 11.8. The normalized spacial score (nSPS) is 19.2. The summed E-state index contributed by atoms with van der Waals surface area (Å²) in [6.07, 6.45) is 18.3. The lowest BCUT2D eigenvalue weighted by molar-refractivity contribution is 0.178. The molecular weight excluding hydrogens is 356 g/mol. The number of unbranched alkanes of at least 4 members (excludes halogenated alkanes) is 3. The quantitative estimate of drug-likeness (QED) is 0.376. The summed E-state index contributed by atoms with van der Waals surface area (Å²) in [5.74, 6) is 3.43. The van der Waals surface area contributed by atoms with E-state index < -0.39 is 0 Å². The largest absolute Gasteiger partial charge is 0.493 e. The molecule has 1 heterocycles. The third-order valence-corrected chi connectivity index (χ3v) is 6.30. The van der Waals surface area contributed by atoms with Gasteiger partial charge in [0.2, 0.25) is 0 Å². The molecule has 0 saturated heterocycles. The van der Waals surface area contributed by atoms with Gasteiger partial charge >= 0.3 is 0 Å². The Morgan fingerprint density at radius 1 is 0.828 bits per heavy atom. The lowest BCUT2D eigenvalue weighted by Gasteiger charge is -2.28. The molecule has 3 heteroatoms. The Hall–Kier alpha value is -1.90. The van der Waals surface area contributed by atoms with E-state index in [1.807, 2.05) is 12.4 Å². The molecule has 1 saturated carbocycles. The van der Waals surface area contributed by atoms with Gasteiger partial charge in [0.05, 0.1) is 6.61 Å². The average Bonchev–Trinajstić information content (AvgIpc) is 2.78. The summed E-state index contributed by atoms with van der Waals surface area (Å²) in [5, 5.41) is 0. The van der Waals surface area contributed by atoms with Gasteiger partial charge in [-0.2, -0.15) is 0 Å². The van der Waals surface area contributed by atoms with Gasteiger partial charge < -0.3 is 4.74 Å². The van der Waals surface area contributed by atoms with E-state index in [-0.39, 0.29) is 0 Å². The van der Waals surface area contributed by atoms with Gasteiger partial charge in [0.25, 0.3) is 0 Å². The van der Waals surface area contributed by atoms with Crippen LogP contribution in [0.4, 0.5) is 0 Å². The summed E-state index contributed by atoms with van der Waals surface area (Å²) < 4.78 is 6.09. The van der Waals surface area contributed by atoms with E-state index >= 15 is 0 Å². The van der Waals surface area contributed by atoms with E-state index in [1.165, 1.54) is 69.8 Å². The van der Waals surface area contributed by atoms with Crippen LogP contribution in [-0.4, -0.2) is 16.6 Å². The Labute approximate surface area is 177 Å². The van der Waals surface area contributed by atoms with Crippen LogP contribution in [0.25, 0.3) is 11.4 Å². The van der Waals surface area contributed by atoms with Crippen LogP contribution >= 0.6 is 0 Å². The van der Waals surface area contributed by atoms with Gasteiger partial charge in [-0.05, 0) is 67.3 Å². The highest BCUT2D eigenvalue weighted by Crippen LogP contribution is 2.32. The fraction of sp³-hybridized carbons (Fsp3) is 0.615. The summed E-state index contributed by atoms with van der Waals surface area (Å²) in [6.45, 7) is 5.37. The lowest BCUT2D eigenvalue weighted by Crippen LogP contribution is -2.20. The third-order valence-electron chi connectivity index (χ3n) is 6.30. The predicted octanol–water partition coefficient (Wildman–Crippen LogP) is 7.25. The number of hydrogen-bond donors (Lipinski definition) is 0. The van der Waals surface area contributed by atoms with Crippen LogP contribution in [0.15, 0.2) is 36.7 Å². The molecule has 1 aromatic carbocycles. The molecule has 0 unspecified atom stereocenters. The molecule has 0 radical (unpaired) electrons. The molecule has 0 amide bonds. The molecule has 29 heavy (non-hydrogen) atoms. The zero-order valence-electron chi connectivity index (χ0n) is 18.4. The molecule has 3 nitrogen and oxygen atoms in total. The maximum atomic E-state index is 6.09. The summed E-state index contributed by atoms with van der Waals surface area (Å²) in [5.41, 5.74) is 2.28. The molecule has 1 aliphatic carbocycles. The van der Waals surface area contributed by atoms with Crippen molar-refractivity contribution in [1.29, 1.82) is 0 Å². The summed E-state index contributed by atoms with van der Waals surface area (Å²) >= 11 is 0. The summed E-state index contributed by atoms with van der Waals surface area (Å²) in [7, 11) is 0. The standard InChI is InChI=1S/C26H38N2O/c1-3-5-7-9-23-18-27-26(28-19-23)24-14-16-25(17-15-24)29-20-22-12-10-21(11-13-22)8-6-4-2/h14-19,21-22H,3-13,20H2,1-2H3/t21-,22-. The highest BCUT2D eigenvalue weighted by Gasteiger charge is 2.21. The van der Waals surface area contributed by atoms with Gasteiger partial charge in [-0.1, -0.05) is 58.8 Å². The monoisotopic (exact) mass is 394 g/mol. The van der Waals surface area contributed by atoms with E-state index in [0.717, 1.165) is 42.0 Å². The van der Waals surface area contributed by atoms with Gasteiger partial charge in [-0.15, -0.1) is 0 Å². The minimum absolute atomic E-state index is 0.719. The van der Waals surface area contributed by atoms with Crippen molar-refractivity contribution in [2.45, 2.75) is 84.5 Å². The fourth-order valence-electron chi connectivity index (χ4n) is 4.31. The highest BCUT2D eigenvalue weighted by molar-refractivity contribution is 5.55. The van der Waals surface area contributed by atoms with Crippen molar-refractivity contribution in [1.82, 2.24) is 9.97 Å². The second-order valence-electron chi connectivity index (χ2n) is 8.74. The van der Waals surface area contributed by atoms with Gasteiger partial charge in [-0.3, -0.25) is 0 Å². The molecule has 1 aliphatic rings. The smallest absolute Gasteiger partial charge is 0.159 e. The van der Waals surface area contributed by atoms with E-state index in [1.54, 1.807) is 0 Å². The molecule has 1 fully saturated rings. The van der Waals surface area contributed by atoms with Crippen LogP contribution in [0.1, 0.15) is 83.6 Å². The zero-order chi connectivity index (χ0) is 20.3. The SMILES string of the molecule is CCCCCc1cnc(-c2ccc(OC[C@H]3CC[C@H](CCCC)CC3)cc2)nc1. The van der Waals surface area contributed by atoms with Gasteiger partial charge in [0.15, 0.2) is 5.82 Å². The van der Waals surface area contributed by atoms with Crippen LogP contribution in [0.2, 0.25) is 0 Å². The Kier molecular flexibility index (Phi) is 8.98. The first-order valence-electron chi connectivity index (χ1n) is 11.8. The Morgan fingerprint density at radius 3 is 2.14 bits per heavy atom. The van der Waals surface area contributed by atoms with Gasteiger partial charge in [0.1, 0.15) is 5.75 Å². The number of benzene rings is 1. The van der Waals surface area contributed by atoms with Crippen molar-refractivity contribution in [2.75, 3.05) is 6.61 Å². The number of nitrogens with zero attached hydrogens (tertiary/aromatic N) is 2. The number of hydrogen-bond acceptors (Lipinski definition) is 3. The molecule has 0 bridgehead atoms. The van der Waals surface area contributed by atoms with Gasteiger partial charge in [-0.25, -0.2) is 9.97 Å². The Balaban J connectivity index is 1.43. The molecule has 0 aliphatic heterocycles. The Bertz CT molecular complexity index is 688. The first-order chi connectivity index (χ1) is 14.3. The molecule has 0 spiro atoms. The first kappa shape index (κ1) is 21.8. The molecular formula is C26H38N2O. The van der Waals surface area contributed by atoms with E-state index in [0.29, 0.717) is 0 Å². The second kappa shape index (κ2) is 11.9. The van der Waals surface area contributed by atoms with Crippen molar-refractivity contribution >= 4 is 0 Å². The van der Waals surface area contributed by atoms with Crippen molar-refractivity contribution < 1.29 is 4.74 Å². The molecule has 3 rings (SSSR count). The zero-order valence-corrected chi connectivity index (χ0v) is 18.4. The molecule has 2 aromatic rings. The molecule has 1 aromatic heterocycles. The molecule has 0 atom stereocenters. The molecule has 0 N–H and O–H groups in total. The van der Waals surface area contributed by atoms with Crippen LogP contribution in [0, 0.1) is 11.8 Å².